The third kappa shape index (κ3) is 5.42. The third-order valence-electron chi connectivity index (χ3n) is 7.60. The number of piperidine rings is 1. The smallest absolute Gasteiger partial charge is 0.282 e. The van der Waals surface area contributed by atoms with Crippen molar-refractivity contribution < 1.29 is 27.2 Å². The minimum Gasteiger partial charge on any atom is -0.345 e. The van der Waals surface area contributed by atoms with Crippen LogP contribution in [0.25, 0.3) is 11.0 Å². The van der Waals surface area contributed by atoms with E-state index in [2.05, 4.69) is 25.3 Å². The number of fused-ring (bicyclic) bond motifs is 1. The average molecular weight is 598 g/mol. The van der Waals surface area contributed by atoms with Crippen LogP contribution in [0.1, 0.15) is 39.6 Å². The first kappa shape index (κ1) is 28.3. The SMILES string of the molecule is CN(C)C(=O)c1ccc(Nc2ncnc3c2c(F)cn3C2CCN(c3ncc(C(=O)N4CC(F)(F)C4)cn3)CC2)c(F)c1. The fraction of sp³-hybridized carbons (Fsp3) is 0.357. The van der Waals surface area contributed by atoms with Crippen LogP contribution in [0.5, 0.6) is 0 Å². The molecular weight excluding hydrogens is 570 g/mol. The van der Waals surface area contributed by atoms with Crippen molar-refractivity contribution in [2.45, 2.75) is 24.8 Å². The topological polar surface area (TPSA) is 112 Å². The maximum atomic E-state index is 15.3. The molecule has 0 spiro atoms. The van der Waals surface area contributed by atoms with Gasteiger partial charge in [-0.25, -0.2) is 37.5 Å². The molecular formula is C28H27F4N9O2. The molecule has 43 heavy (non-hydrogen) atoms. The number of aromatic nitrogens is 5. The Balaban J connectivity index is 1.14. The van der Waals surface area contributed by atoms with Crippen LogP contribution in [0.15, 0.2) is 43.1 Å². The lowest BCUT2D eigenvalue weighted by Crippen LogP contribution is -2.58. The van der Waals surface area contributed by atoms with E-state index in [9.17, 15) is 22.8 Å². The molecule has 0 unspecified atom stereocenters. The summed E-state index contributed by atoms with van der Waals surface area (Å²) < 4.78 is 58.1. The van der Waals surface area contributed by atoms with Gasteiger partial charge in [0.25, 0.3) is 17.7 Å². The first-order valence-electron chi connectivity index (χ1n) is 13.5. The molecule has 1 N–H and O–H groups in total. The lowest BCUT2D eigenvalue weighted by molar-refractivity contribution is -0.113. The molecule has 2 saturated heterocycles. The van der Waals surface area contributed by atoms with Crippen LogP contribution < -0.4 is 10.2 Å². The summed E-state index contributed by atoms with van der Waals surface area (Å²) >= 11 is 0. The van der Waals surface area contributed by atoms with Gasteiger partial charge in [-0.05, 0) is 31.0 Å². The molecule has 3 aromatic heterocycles. The molecule has 4 aromatic rings. The Kier molecular flexibility index (Phi) is 7.10. The van der Waals surface area contributed by atoms with E-state index < -0.39 is 36.6 Å². The van der Waals surface area contributed by atoms with Crippen molar-refractivity contribution in [1.82, 2.24) is 34.3 Å². The molecule has 2 aliphatic rings. The number of hydrogen-bond acceptors (Lipinski definition) is 8. The number of rotatable bonds is 6. The summed E-state index contributed by atoms with van der Waals surface area (Å²) in [7, 11) is 3.14. The van der Waals surface area contributed by atoms with Crippen molar-refractivity contribution in [1.29, 1.82) is 0 Å². The number of amides is 2. The highest BCUT2D eigenvalue weighted by Crippen LogP contribution is 2.34. The van der Waals surface area contributed by atoms with Gasteiger partial charge < -0.3 is 24.6 Å². The lowest BCUT2D eigenvalue weighted by atomic mass is 10.1. The molecule has 224 valence electrons. The fourth-order valence-corrected chi connectivity index (χ4v) is 5.33. The summed E-state index contributed by atoms with van der Waals surface area (Å²) in [5.74, 6) is -4.49. The van der Waals surface area contributed by atoms with Gasteiger partial charge in [0.15, 0.2) is 5.82 Å². The normalized spacial score (nSPS) is 16.7. The predicted octanol–water partition coefficient (Wildman–Crippen LogP) is 3.88. The number of benzene rings is 1. The zero-order chi connectivity index (χ0) is 30.5. The average Bonchev–Trinajstić information content (AvgIpc) is 3.33. The van der Waals surface area contributed by atoms with Crippen molar-refractivity contribution in [3.63, 3.8) is 0 Å². The molecule has 15 heteroatoms. The molecule has 2 amide bonds. The van der Waals surface area contributed by atoms with E-state index in [0.717, 1.165) is 11.0 Å². The lowest BCUT2D eigenvalue weighted by Gasteiger charge is -2.38. The van der Waals surface area contributed by atoms with Gasteiger partial charge in [-0.15, -0.1) is 0 Å². The summed E-state index contributed by atoms with van der Waals surface area (Å²) in [5, 5.41) is 2.95. The number of likely N-dealkylation sites (tertiary alicyclic amines) is 1. The standard InChI is InChI=1S/C28H27F4N9O2/c1-38(2)25(42)16-3-4-21(19(29)9-16)37-23-22-20(30)12-41(24(22)36-15-35-23)18-5-7-39(8-6-18)27-33-10-17(11-34-27)26(43)40-13-28(31,32)14-40/h3-4,9-12,15,18H,5-8,13-14H2,1-2H3,(H,35,36,37). The number of carbonyl (C=O) groups excluding carboxylic acids is 2. The molecule has 11 nitrogen and oxygen atoms in total. The molecule has 2 aliphatic heterocycles. The minimum absolute atomic E-state index is 0.0336. The van der Waals surface area contributed by atoms with E-state index in [-0.39, 0.29) is 40.0 Å². The molecule has 0 radical (unpaired) electrons. The second kappa shape index (κ2) is 10.8. The first-order chi connectivity index (χ1) is 20.5. The van der Waals surface area contributed by atoms with Crippen LogP contribution in [0.2, 0.25) is 0 Å². The zero-order valence-corrected chi connectivity index (χ0v) is 23.3. The Bertz CT molecular complexity index is 1690. The highest BCUT2D eigenvalue weighted by atomic mass is 19.3. The fourth-order valence-electron chi connectivity index (χ4n) is 5.33. The Morgan fingerprint density at radius 2 is 1.67 bits per heavy atom. The van der Waals surface area contributed by atoms with Gasteiger partial charge in [0.05, 0.1) is 29.7 Å². The van der Waals surface area contributed by atoms with Crippen LogP contribution in [0, 0.1) is 11.6 Å². The van der Waals surface area contributed by atoms with Crippen molar-refractivity contribution in [2.75, 3.05) is 50.5 Å². The van der Waals surface area contributed by atoms with E-state index in [1.165, 1.54) is 42.0 Å². The summed E-state index contributed by atoms with van der Waals surface area (Å²) in [5.41, 5.74) is 0.707. The van der Waals surface area contributed by atoms with Crippen LogP contribution >= 0.6 is 0 Å². The van der Waals surface area contributed by atoms with Gasteiger partial charge in [0.2, 0.25) is 5.95 Å². The summed E-state index contributed by atoms with van der Waals surface area (Å²) in [6.07, 6.45) is 6.53. The monoisotopic (exact) mass is 597 g/mol. The van der Waals surface area contributed by atoms with Crippen LogP contribution in [0.3, 0.4) is 0 Å². The largest absolute Gasteiger partial charge is 0.345 e. The molecule has 1 aromatic carbocycles. The third-order valence-corrected chi connectivity index (χ3v) is 7.60. The Labute approximate surface area is 243 Å². The van der Waals surface area contributed by atoms with Crippen molar-refractivity contribution in [3.8, 4) is 0 Å². The van der Waals surface area contributed by atoms with Crippen LogP contribution in [-0.4, -0.2) is 92.3 Å². The maximum Gasteiger partial charge on any atom is 0.282 e. The number of nitrogens with one attached hydrogen (secondary N) is 1. The molecule has 6 rings (SSSR count). The first-order valence-corrected chi connectivity index (χ1v) is 13.5. The molecule has 2 fully saturated rings. The summed E-state index contributed by atoms with van der Waals surface area (Å²) in [6, 6.07) is 3.89. The van der Waals surface area contributed by atoms with Gasteiger partial charge in [-0.3, -0.25) is 9.59 Å². The number of hydrogen-bond donors (Lipinski definition) is 1. The second-order valence-electron chi connectivity index (χ2n) is 10.8. The van der Waals surface area contributed by atoms with Crippen molar-refractivity contribution in [3.05, 3.63) is 65.9 Å². The van der Waals surface area contributed by atoms with Gasteiger partial charge in [-0.2, -0.15) is 0 Å². The second-order valence-corrected chi connectivity index (χ2v) is 10.8. The highest BCUT2D eigenvalue weighted by Gasteiger charge is 2.46. The molecule has 0 bridgehead atoms. The summed E-state index contributed by atoms with van der Waals surface area (Å²) in [6.45, 7) is -0.142. The molecule has 0 atom stereocenters. The number of anilines is 3. The van der Waals surface area contributed by atoms with E-state index in [0.29, 0.717) is 37.5 Å². The maximum absolute atomic E-state index is 15.3. The van der Waals surface area contributed by atoms with Gasteiger partial charge in [-0.1, -0.05) is 0 Å². The van der Waals surface area contributed by atoms with Gasteiger partial charge >= 0.3 is 0 Å². The van der Waals surface area contributed by atoms with Crippen LogP contribution in [-0.2, 0) is 0 Å². The Morgan fingerprint density at radius 1 is 0.977 bits per heavy atom. The number of nitrogens with zero attached hydrogens (tertiary/aromatic N) is 8. The van der Waals surface area contributed by atoms with E-state index in [1.54, 1.807) is 18.7 Å². The Morgan fingerprint density at radius 3 is 2.30 bits per heavy atom. The van der Waals surface area contributed by atoms with Crippen molar-refractivity contribution in [2.24, 2.45) is 0 Å². The Hall–Kier alpha value is -4.82. The van der Waals surface area contributed by atoms with E-state index in [1.807, 2.05) is 4.90 Å². The van der Waals surface area contributed by atoms with Crippen LogP contribution in [0.4, 0.5) is 35.0 Å². The molecule has 0 saturated carbocycles. The summed E-state index contributed by atoms with van der Waals surface area (Å²) in [4.78, 5) is 45.8. The van der Waals surface area contributed by atoms with E-state index >= 15 is 4.39 Å². The van der Waals surface area contributed by atoms with Gasteiger partial charge in [0, 0.05) is 57.4 Å². The van der Waals surface area contributed by atoms with E-state index in [4.69, 9.17) is 0 Å². The van der Waals surface area contributed by atoms with Crippen molar-refractivity contribution >= 4 is 40.3 Å². The number of alkyl halides is 2. The quantitative estimate of drug-likeness (QED) is 0.334. The zero-order valence-electron chi connectivity index (χ0n) is 23.3. The molecule has 0 aliphatic carbocycles. The number of carbonyl (C=O) groups is 2. The van der Waals surface area contributed by atoms with Gasteiger partial charge in [0.1, 0.15) is 23.6 Å². The number of halogens is 4. The predicted molar refractivity (Wildman–Crippen MR) is 149 cm³/mol. The highest BCUT2D eigenvalue weighted by molar-refractivity contribution is 5.95. The molecule has 5 heterocycles. The minimum atomic E-state index is -2.85.